The average molecular weight is 475 g/mol. The summed E-state index contributed by atoms with van der Waals surface area (Å²) in [6.45, 7) is 0. The molecule has 5 rings (SSSR count). The monoisotopic (exact) mass is 475 g/mol. The third-order valence-corrected chi connectivity index (χ3v) is 6.20. The average Bonchev–Trinajstić information content (AvgIpc) is 3.28. The minimum atomic E-state index is -0.927. The Morgan fingerprint density at radius 1 is 0.943 bits per heavy atom. The maximum absolute atomic E-state index is 13.8. The number of anilines is 2. The molecular formula is C26H23F2N5O2. The second-order valence-corrected chi connectivity index (χ2v) is 8.62. The molecule has 3 N–H and O–H groups in total. The van der Waals surface area contributed by atoms with Gasteiger partial charge in [0.05, 0.1) is 17.2 Å². The lowest BCUT2D eigenvalue weighted by atomic mass is 9.89. The van der Waals surface area contributed by atoms with E-state index in [0.717, 1.165) is 43.4 Å². The number of imidazole rings is 1. The van der Waals surface area contributed by atoms with E-state index >= 15 is 0 Å². The Kier molecular flexibility index (Phi) is 6.22. The number of halogens is 2. The molecule has 0 atom stereocenters. The molecule has 35 heavy (non-hydrogen) atoms. The Morgan fingerprint density at radius 2 is 1.66 bits per heavy atom. The predicted molar refractivity (Wildman–Crippen MR) is 129 cm³/mol. The summed E-state index contributed by atoms with van der Waals surface area (Å²) in [6, 6.07) is 11.7. The van der Waals surface area contributed by atoms with Crippen LogP contribution in [-0.4, -0.2) is 26.8 Å². The van der Waals surface area contributed by atoms with Gasteiger partial charge >= 0.3 is 0 Å². The predicted octanol–water partition coefficient (Wildman–Crippen LogP) is 5.67. The molecule has 9 heteroatoms. The molecule has 178 valence electrons. The van der Waals surface area contributed by atoms with Crippen molar-refractivity contribution in [2.75, 3.05) is 10.6 Å². The van der Waals surface area contributed by atoms with Gasteiger partial charge in [-0.3, -0.25) is 9.59 Å². The number of H-pyrrole nitrogens is 1. The standard InChI is InChI=1S/C26H23F2N5O2/c27-18-7-4-8-19(28)23(18)26(35)30-17-11-9-15(10-12-17)24-31-20-13-22(29-14-21(20)32-24)33-25(34)16-5-2-1-3-6-16/h4,7-14,16H,1-3,5-6H2,(H,30,35)(H,31,32)(H,29,33,34). The van der Waals surface area contributed by atoms with Gasteiger partial charge in [-0.2, -0.15) is 0 Å². The quantitative estimate of drug-likeness (QED) is 0.346. The number of rotatable bonds is 5. The Bertz CT molecular complexity index is 1370. The first-order valence-electron chi connectivity index (χ1n) is 11.5. The van der Waals surface area contributed by atoms with Gasteiger partial charge in [-0.05, 0) is 49.2 Å². The van der Waals surface area contributed by atoms with Crippen molar-refractivity contribution in [1.82, 2.24) is 15.0 Å². The van der Waals surface area contributed by atoms with Crippen LogP contribution in [0.1, 0.15) is 42.5 Å². The Morgan fingerprint density at radius 3 is 2.37 bits per heavy atom. The molecule has 1 aliphatic rings. The van der Waals surface area contributed by atoms with Crippen LogP contribution in [-0.2, 0) is 4.79 Å². The summed E-state index contributed by atoms with van der Waals surface area (Å²) in [4.78, 5) is 36.9. The molecular weight excluding hydrogens is 452 g/mol. The lowest BCUT2D eigenvalue weighted by molar-refractivity contribution is -0.120. The van der Waals surface area contributed by atoms with Crippen molar-refractivity contribution in [2.45, 2.75) is 32.1 Å². The topological polar surface area (TPSA) is 99.8 Å². The third-order valence-electron chi connectivity index (χ3n) is 6.20. The third kappa shape index (κ3) is 4.89. The minimum absolute atomic E-state index is 0.000195. The van der Waals surface area contributed by atoms with Crippen molar-refractivity contribution in [1.29, 1.82) is 0 Å². The lowest BCUT2D eigenvalue weighted by Gasteiger charge is -2.20. The highest BCUT2D eigenvalue weighted by Crippen LogP contribution is 2.26. The zero-order chi connectivity index (χ0) is 24.4. The van der Waals surface area contributed by atoms with Gasteiger partial charge < -0.3 is 15.6 Å². The highest BCUT2D eigenvalue weighted by atomic mass is 19.1. The maximum atomic E-state index is 13.8. The van der Waals surface area contributed by atoms with Crippen LogP contribution < -0.4 is 10.6 Å². The fraction of sp³-hybridized carbons (Fsp3) is 0.231. The van der Waals surface area contributed by atoms with E-state index < -0.39 is 23.1 Å². The number of pyridine rings is 1. The van der Waals surface area contributed by atoms with Gasteiger partial charge in [0.15, 0.2) is 0 Å². The lowest BCUT2D eigenvalue weighted by Crippen LogP contribution is -2.25. The summed E-state index contributed by atoms with van der Waals surface area (Å²) < 4.78 is 27.7. The van der Waals surface area contributed by atoms with Crippen molar-refractivity contribution < 1.29 is 18.4 Å². The van der Waals surface area contributed by atoms with E-state index in [9.17, 15) is 18.4 Å². The number of amides is 2. The van der Waals surface area contributed by atoms with Crippen molar-refractivity contribution in [3.8, 4) is 11.4 Å². The maximum Gasteiger partial charge on any atom is 0.261 e. The van der Waals surface area contributed by atoms with Gasteiger partial charge in [0, 0.05) is 23.2 Å². The molecule has 0 aliphatic heterocycles. The SMILES string of the molecule is O=C(Nc1ccc(-c2nc3cc(NC(=O)C4CCCCC4)ncc3[nH]2)cc1)c1c(F)cccc1F. The summed E-state index contributed by atoms with van der Waals surface area (Å²) in [5.41, 5.74) is 1.85. The molecule has 0 saturated heterocycles. The van der Waals surface area contributed by atoms with E-state index in [4.69, 9.17) is 0 Å². The second-order valence-electron chi connectivity index (χ2n) is 8.62. The minimum Gasteiger partial charge on any atom is -0.337 e. The van der Waals surface area contributed by atoms with E-state index in [1.54, 1.807) is 36.5 Å². The van der Waals surface area contributed by atoms with E-state index in [0.29, 0.717) is 28.4 Å². The van der Waals surface area contributed by atoms with Crippen LogP contribution >= 0.6 is 0 Å². The first-order valence-corrected chi connectivity index (χ1v) is 11.5. The van der Waals surface area contributed by atoms with Gasteiger partial charge in [0.25, 0.3) is 5.91 Å². The molecule has 0 unspecified atom stereocenters. The Labute approximate surface area is 200 Å². The molecule has 1 saturated carbocycles. The summed E-state index contributed by atoms with van der Waals surface area (Å²) >= 11 is 0. The van der Waals surface area contributed by atoms with E-state index in [2.05, 4.69) is 25.6 Å². The summed E-state index contributed by atoms with van der Waals surface area (Å²) in [5.74, 6) is -1.65. The number of fused-ring (bicyclic) bond motifs is 1. The van der Waals surface area contributed by atoms with E-state index in [-0.39, 0.29) is 11.8 Å². The zero-order valence-electron chi connectivity index (χ0n) is 18.8. The first-order chi connectivity index (χ1) is 17.0. The van der Waals surface area contributed by atoms with Crippen LogP contribution in [0.2, 0.25) is 0 Å². The number of carbonyl (C=O) groups is 2. The normalized spacial score (nSPS) is 14.1. The molecule has 2 aromatic heterocycles. The largest absolute Gasteiger partial charge is 0.337 e. The second kappa shape index (κ2) is 9.61. The Balaban J connectivity index is 1.29. The number of benzene rings is 2. The van der Waals surface area contributed by atoms with E-state index in [1.807, 2.05) is 0 Å². The van der Waals surface area contributed by atoms with Crippen molar-refractivity contribution >= 4 is 34.4 Å². The van der Waals surface area contributed by atoms with Crippen molar-refractivity contribution in [3.63, 3.8) is 0 Å². The number of hydrogen-bond donors (Lipinski definition) is 3. The Hall–Kier alpha value is -4.14. The van der Waals surface area contributed by atoms with Crippen molar-refractivity contribution in [3.05, 3.63) is 71.9 Å². The smallest absolute Gasteiger partial charge is 0.261 e. The molecule has 7 nitrogen and oxygen atoms in total. The number of carbonyl (C=O) groups excluding carboxylic acids is 2. The zero-order valence-corrected chi connectivity index (χ0v) is 18.8. The van der Waals surface area contributed by atoms with Crippen LogP contribution in [0, 0.1) is 17.6 Å². The molecule has 4 aromatic rings. The molecule has 2 heterocycles. The summed E-state index contributed by atoms with van der Waals surface area (Å²) in [5, 5.41) is 5.40. The summed E-state index contributed by atoms with van der Waals surface area (Å²) in [7, 11) is 0. The highest BCUT2D eigenvalue weighted by Gasteiger charge is 2.22. The molecule has 0 spiro atoms. The molecule has 1 aliphatic carbocycles. The fourth-order valence-corrected chi connectivity index (χ4v) is 4.33. The van der Waals surface area contributed by atoms with Crippen LogP contribution in [0.3, 0.4) is 0 Å². The fourth-order valence-electron chi connectivity index (χ4n) is 4.33. The van der Waals surface area contributed by atoms with Gasteiger partial charge in [-0.1, -0.05) is 25.3 Å². The number of nitrogens with zero attached hydrogens (tertiary/aromatic N) is 2. The number of nitrogens with one attached hydrogen (secondary N) is 3. The van der Waals surface area contributed by atoms with Crippen LogP contribution in [0.25, 0.3) is 22.4 Å². The molecule has 1 fully saturated rings. The van der Waals surface area contributed by atoms with Crippen LogP contribution in [0.4, 0.5) is 20.3 Å². The molecule has 2 amide bonds. The molecule has 0 bridgehead atoms. The molecule has 2 aromatic carbocycles. The van der Waals surface area contributed by atoms with E-state index in [1.165, 1.54) is 12.5 Å². The number of aromatic nitrogens is 3. The number of hydrogen-bond acceptors (Lipinski definition) is 4. The summed E-state index contributed by atoms with van der Waals surface area (Å²) in [6.07, 6.45) is 6.78. The highest BCUT2D eigenvalue weighted by molar-refractivity contribution is 6.04. The first kappa shape index (κ1) is 22.6. The van der Waals surface area contributed by atoms with Crippen LogP contribution in [0.15, 0.2) is 54.7 Å². The van der Waals surface area contributed by atoms with Gasteiger partial charge in [0.1, 0.15) is 28.8 Å². The van der Waals surface area contributed by atoms with Gasteiger partial charge in [-0.15, -0.1) is 0 Å². The number of aromatic amines is 1. The van der Waals surface area contributed by atoms with Crippen LogP contribution in [0.5, 0.6) is 0 Å². The van der Waals surface area contributed by atoms with Crippen molar-refractivity contribution in [2.24, 2.45) is 5.92 Å². The van der Waals surface area contributed by atoms with Gasteiger partial charge in [0.2, 0.25) is 5.91 Å². The molecule has 0 radical (unpaired) electrons. The van der Waals surface area contributed by atoms with Gasteiger partial charge in [-0.25, -0.2) is 18.7 Å².